The second-order valence-corrected chi connectivity index (χ2v) is 5.59. The van der Waals surface area contributed by atoms with Crippen LogP contribution in [0.3, 0.4) is 0 Å². The number of hydrogen-bond acceptors (Lipinski definition) is 2. The van der Waals surface area contributed by atoms with Gasteiger partial charge in [0.25, 0.3) is 5.91 Å². The van der Waals surface area contributed by atoms with E-state index in [2.05, 4.69) is 0 Å². The number of carbonyl (C=O) groups is 1. The monoisotopic (exact) mass is 318 g/mol. The van der Waals surface area contributed by atoms with Gasteiger partial charge >= 0.3 is 6.18 Å². The number of carbonyl (C=O) groups excluding carboxylic acids is 1. The summed E-state index contributed by atoms with van der Waals surface area (Å²) in [4.78, 5) is 13.9. The lowest BCUT2D eigenvalue weighted by atomic mass is 9.90. The molecule has 1 aromatic rings. The molecule has 0 aromatic heterocycles. The summed E-state index contributed by atoms with van der Waals surface area (Å²) in [6.45, 7) is 2.51. The minimum atomic E-state index is -4.83. The molecule has 1 aliphatic heterocycles. The Balaban J connectivity index is 2.37. The molecule has 22 heavy (non-hydrogen) atoms. The molecule has 0 saturated carbocycles. The molecule has 1 saturated heterocycles. The molecule has 2 rings (SSSR count). The summed E-state index contributed by atoms with van der Waals surface area (Å²) in [5.74, 6) is -2.11. The number of amides is 1. The fourth-order valence-corrected chi connectivity index (χ4v) is 2.93. The second-order valence-electron chi connectivity index (χ2n) is 5.59. The maximum Gasteiger partial charge on any atom is 0.419 e. The van der Waals surface area contributed by atoms with Gasteiger partial charge in [-0.1, -0.05) is 13.0 Å². The predicted octanol–water partition coefficient (Wildman–Crippen LogP) is 3.04. The first kappa shape index (κ1) is 16.7. The Labute approximate surface area is 126 Å². The lowest BCUT2D eigenvalue weighted by Gasteiger charge is -2.39. The van der Waals surface area contributed by atoms with Crippen molar-refractivity contribution in [1.82, 2.24) is 4.90 Å². The molecule has 1 heterocycles. The van der Waals surface area contributed by atoms with Crippen molar-refractivity contribution in [2.75, 3.05) is 13.1 Å². The Morgan fingerprint density at radius 1 is 1.41 bits per heavy atom. The first-order valence-corrected chi connectivity index (χ1v) is 7.14. The second kappa shape index (κ2) is 6.24. The molecule has 2 N–H and O–H groups in total. The number of piperidine rings is 1. The highest BCUT2D eigenvalue weighted by molar-refractivity contribution is 5.95. The maximum atomic E-state index is 14.1. The summed E-state index contributed by atoms with van der Waals surface area (Å²) in [7, 11) is 0. The van der Waals surface area contributed by atoms with Crippen LogP contribution in [0.1, 0.15) is 35.7 Å². The van der Waals surface area contributed by atoms with Crippen LogP contribution < -0.4 is 5.73 Å². The number of benzene rings is 1. The SMILES string of the molecule is CC1CCCN(C(=O)c2cccc(C(F)(F)F)c2F)C1CN. The largest absolute Gasteiger partial charge is 0.419 e. The fourth-order valence-electron chi connectivity index (χ4n) is 2.93. The van der Waals surface area contributed by atoms with Crippen molar-refractivity contribution in [2.45, 2.75) is 32.0 Å². The predicted molar refractivity (Wildman–Crippen MR) is 73.7 cm³/mol. The zero-order valence-electron chi connectivity index (χ0n) is 12.2. The Bertz CT molecular complexity index is 559. The molecule has 1 aromatic carbocycles. The van der Waals surface area contributed by atoms with Crippen LogP contribution in [0.15, 0.2) is 18.2 Å². The molecular formula is C15H18F4N2O. The van der Waals surface area contributed by atoms with Gasteiger partial charge in [0.1, 0.15) is 5.82 Å². The van der Waals surface area contributed by atoms with E-state index in [4.69, 9.17) is 5.73 Å². The molecule has 7 heteroatoms. The first-order chi connectivity index (χ1) is 10.3. The van der Waals surface area contributed by atoms with E-state index in [1.807, 2.05) is 6.92 Å². The van der Waals surface area contributed by atoms with Gasteiger partial charge in [0, 0.05) is 19.1 Å². The average molecular weight is 318 g/mol. The van der Waals surface area contributed by atoms with Crippen LogP contribution in [0, 0.1) is 11.7 Å². The van der Waals surface area contributed by atoms with Crippen LogP contribution in [0.5, 0.6) is 0 Å². The number of nitrogens with two attached hydrogens (primary N) is 1. The van der Waals surface area contributed by atoms with Gasteiger partial charge in [-0.25, -0.2) is 4.39 Å². The zero-order valence-corrected chi connectivity index (χ0v) is 12.2. The highest BCUT2D eigenvalue weighted by Gasteiger charge is 2.38. The molecule has 3 nitrogen and oxygen atoms in total. The summed E-state index contributed by atoms with van der Waals surface area (Å²) in [5.41, 5.74) is 3.69. The third kappa shape index (κ3) is 3.09. The van der Waals surface area contributed by atoms with Gasteiger partial charge < -0.3 is 10.6 Å². The van der Waals surface area contributed by atoms with Gasteiger partial charge in [0.05, 0.1) is 11.1 Å². The summed E-state index contributed by atoms with van der Waals surface area (Å²) in [5, 5.41) is 0. The number of rotatable bonds is 2. The molecular weight excluding hydrogens is 300 g/mol. The topological polar surface area (TPSA) is 46.3 Å². The molecule has 0 aliphatic carbocycles. The van der Waals surface area contributed by atoms with E-state index in [0.717, 1.165) is 25.0 Å². The number of halogens is 4. The van der Waals surface area contributed by atoms with E-state index >= 15 is 0 Å². The third-order valence-electron chi connectivity index (χ3n) is 4.15. The maximum absolute atomic E-state index is 14.1. The number of hydrogen-bond donors (Lipinski definition) is 1. The van der Waals surface area contributed by atoms with Crippen molar-refractivity contribution >= 4 is 5.91 Å². The number of nitrogens with zero attached hydrogens (tertiary/aromatic N) is 1. The van der Waals surface area contributed by atoms with Crippen LogP contribution >= 0.6 is 0 Å². The van der Waals surface area contributed by atoms with Crippen molar-refractivity contribution in [3.8, 4) is 0 Å². The Morgan fingerprint density at radius 3 is 2.68 bits per heavy atom. The lowest BCUT2D eigenvalue weighted by Crippen LogP contribution is -2.51. The molecule has 1 amide bonds. The Morgan fingerprint density at radius 2 is 2.09 bits per heavy atom. The first-order valence-electron chi connectivity index (χ1n) is 7.14. The standard InChI is InChI=1S/C15H18F4N2O/c1-9-4-3-7-21(12(9)8-20)14(22)10-5-2-6-11(13(10)16)15(17,18)19/h2,5-6,9,12H,3-4,7-8,20H2,1H3. The fraction of sp³-hybridized carbons (Fsp3) is 0.533. The molecule has 2 atom stereocenters. The molecule has 0 radical (unpaired) electrons. The Hall–Kier alpha value is -1.63. The van der Waals surface area contributed by atoms with Gasteiger partial charge in [-0.05, 0) is 30.9 Å². The molecule has 1 fully saturated rings. The lowest BCUT2D eigenvalue weighted by molar-refractivity contribution is -0.140. The van der Waals surface area contributed by atoms with Crippen molar-refractivity contribution in [1.29, 1.82) is 0 Å². The van der Waals surface area contributed by atoms with Gasteiger partial charge in [0.2, 0.25) is 0 Å². The van der Waals surface area contributed by atoms with Crippen molar-refractivity contribution in [2.24, 2.45) is 11.7 Å². The highest BCUT2D eigenvalue weighted by atomic mass is 19.4. The van der Waals surface area contributed by atoms with Crippen molar-refractivity contribution in [3.05, 3.63) is 35.1 Å². The molecule has 122 valence electrons. The number of likely N-dealkylation sites (tertiary alicyclic amines) is 1. The van der Waals surface area contributed by atoms with E-state index in [-0.39, 0.29) is 18.5 Å². The van der Waals surface area contributed by atoms with Crippen LogP contribution in [-0.4, -0.2) is 29.9 Å². The molecule has 0 spiro atoms. The van der Waals surface area contributed by atoms with Gasteiger partial charge in [-0.2, -0.15) is 13.2 Å². The summed E-state index contributed by atoms with van der Waals surface area (Å²) >= 11 is 0. The third-order valence-corrected chi connectivity index (χ3v) is 4.15. The molecule has 1 aliphatic rings. The summed E-state index contributed by atoms with van der Waals surface area (Å²) < 4.78 is 52.4. The highest BCUT2D eigenvalue weighted by Crippen LogP contribution is 2.33. The van der Waals surface area contributed by atoms with E-state index in [1.165, 1.54) is 4.90 Å². The van der Waals surface area contributed by atoms with Gasteiger partial charge in [-0.15, -0.1) is 0 Å². The van der Waals surface area contributed by atoms with Crippen molar-refractivity contribution in [3.63, 3.8) is 0 Å². The number of alkyl halides is 3. The van der Waals surface area contributed by atoms with Crippen molar-refractivity contribution < 1.29 is 22.4 Å². The minimum Gasteiger partial charge on any atom is -0.334 e. The quantitative estimate of drug-likeness (QED) is 0.852. The smallest absolute Gasteiger partial charge is 0.334 e. The van der Waals surface area contributed by atoms with Gasteiger partial charge in [0.15, 0.2) is 0 Å². The normalized spacial score (nSPS) is 22.7. The average Bonchev–Trinajstić information content (AvgIpc) is 2.45. The summed E-state index contributed by atoms with van der Waals surface area (Å²) in [6.07, 6.45) is -3.22. The summed E-state index contributed by atoms with van der Waals surface area (Å²) in [6, 6.07) is 2.48. The van der Waals surface area contributed by atoms with Crippen LogP contribution in [0.4, 0.5) is 17.6 Å². The van der Waals surface area contributed by atoms with Crippen LogP contribution in [0.2, 0.25) is 0 Å². The minimum absolute atomic E-state index is 0.136. The van der Waals surface area contributed by atoms with E-state index in [9.17, 15) is 22.4 Å². The van der Waals surface area contributed by atoms with E-state index < -0.39 is 29.0 Å². The van der Waals surface area contributed by atoms with Gasteiger partial charge in [-0.3, -0.25) is 4.79 Å². The molecule has 0 bridgehead atoms. The van der Waals surface area contributed by atoms with Crippen LogP contribution in [0.25, 0.3) is 0 Å². The van der Waals surface area contributed by atoms with Crippen LogP contribution in [-0.2, 0) is 6.18 Å². The molecule has 2 unspecified atom stereocenters. The Kier molecular flexibility index (Phi) is 4.75. The van der Waals surface area contributed by atoms with E-state index in [0.29, 0.717) is 12.6 Å². The van der Waals surface area contributed by atoms with E-state index in [1.54, 1.807) is 0 Å². The zero-order chi connectivity index (χ0) is 16.5.